The molecule has 1 saturated carbocycles. The number of rotatable bonds is 6. The molecule has 0 heterocycles. The lowest BCUT2D eigenvalue weighted by atomic mass is 9.95. The van der Waals surface area contributed by atoms with E-state index in [4.69, 9.17) is 0 Å². The van der Waals surface area contributed by atoms with E-state index in [1.54, 1.807) is 12.1 Å². The molecular formula is C18H29N3OS. The molecule has 2 unspecified atom stereocenters. The van der Waals surface area contributed by atoms with E-state index in [9.17, 15) is 5.11 Å². The third-order valence-corrected chi connectivity index (χ3v) is 5.30. The Morgan fingerprint density at radius 1 is 1.26 bits per heavy atom. The van der Waals surface area contributed by atoms with Crippen LogP contribution in [0.3, 0.4) is 0 Å². The largest absolute Gasteiger partial charge is 0.508 e. The van der Waals surface area contributed by atoms with Gasteiger partial charge in [0.1, 0.15) is 5.75 Å². The van der Waals surface area contributed by atoms with E-state index in [2.05, 4.69) is 41.2 Å². The number of nitrogens with zero attached hydrogens (tertiary/aromatic N) is 1. The summed E-state index contributed by atoms with van der Waals surface area (Å²) in [5.74, 6) is 2.39. The lowest BCUT2D eigenvalue weighted by Gasteiger charge is -2.30. The van der Waals surface area contributed by atoms with Crippen molar-refractivity contribution >= 4 is 17.7 Å². The zero-order valence-electron chi connectivity index (χ0n) is 14.2. The van der Waals surface area contributed by atoms with Crippen LogP contribution in [-0.4, -0.2) is 34.7 Å². The van der Waals surface area contributed by atoms with Gasteiger partial charge in [0, 0.05) is 17.8 Å². The third kappa shape index (κ3) is 6.34. The number of thioether (sulfide) groups is 1. The molecule has 0 aliphatic heterocycles. The molecule has 1 aliphatic rings. The van der Waals surface area contributed by atoms with E-state index < -0.39 is 0 Å². The minimum absolute atomic E-state index is 0.296. The van der Waals surface area contributed by atoms with E-state index in [-0.39, 0.29) is 0 Å². The second-order valence-corrected chi connectivity index (χ2v) is 7.52. The standard InChI is InChI=1S/C18H29N3OS/c1-3-19-18(20-13-14-8-10-16(22)11-9-14)21-15-6-5-7-17(12-15)23-4-2/h8-11,15,17,22H,3-7,12-13H2,1-2H3,(H2,19,20,21). The highest BCUT2D eigenvalue weighted by Gasteiger charge is 2.22. The Morgan fingerprint density at radius 2 is 2.04 bits per heavy atom. The van der Waals surface area contributed by atoms with Crippen molar-refractivity contribution in [1.82, 2.24) is 10.6 Å². The van der Waals surface area contributed by atoms with Crippen LogP contribution in [0.4, 0.5) is 0 Å². The van der Waals surface area contributed by atoms with Crippen molar-refractivity contribution in [1.29, 1.82) is 0 Å². The molecule has 0 spiro atoms. The first kappa shape index (κ1) is 18.0. The first-order valence-electron chi connectivity index (χ1n) is 8.65. The van der Waals surface area contributed by atoms with Crippen LogP contribution in [0.5, 0.6) is 5.75 Å². The quantitative estimate of drug-likeness (QED) is 0.550. The number of benzene rings is 1. The highest BCUT2D eigenvalue weighted by atomic mass is 32.2. The smallest absolute Gasteiger partial charge is 0.191 e. The predicted molar refractivity (Wildman–Crippen MR) is 100 cm³/mol. The second-order valence-electron chi connectivity index (χ2n) is 5.95. The molecule has 23 heavy (non-hydrogen) atoms. The number of hydrogen-bond acceptors (Lipinski definition) is 3. The van der Waals surface area contributed by atoms with Crippen molar-refractivity contribution in [3.63, 3.8) is 0 Å². The zero-order valence-corrected chi connectivity index (χ0v) is 15.0. The van der Waals surface area contributed by atoms with Gasteiger partial charge in [-0.25, -0.2) is 4.99 Å². The molecule has 2 rings (SSSR count). The van der Waals surface area contributed by atoms with Gasteiger partial charge in [-0.2, -0.15) is 11.8 Å². The van der Waals surface area contributed by atoms with Crippen molar-refractivity contribution in [2.75, 3.05) is 12.3 Å². The van der Waals surface area contributed by atoms with E-state index in [1.165, 1.54) is 31.4 Å². The molecule has 128 valence electrons. The molecule has 1 aromatic rings. The van der Waals surface area contributed by atoms with Gasteiger partial charge in [0.15, 0.2) is 5.96 Å². The third-order valence-electron chi connectivity index (χ3n) is 4.07. The number of phenolic OH excluding ortho intramolecular Hbond substituents is 1. The Hall–Kier alpha value is -1.36. The van der Waals surface area contributed by atoms with Gasteiger partial charge in [-0.05, 0) is 49.6 Å². The van der Waals surface area contributed by atoms with Crippen LogP contribution in [0.2, 0.25) is 0 Å². The normalized spacial score (nSPS) is 21.9. The van der Waals surface area contributed by atoms with Gasteiger partial charge in [0.2, 0.25) is 0 Å². The van der Waals surface area contributed by atoms with Crippen molar-refractivity contribution in [2.24, 2.45) is 4.99 Å². The monoisotopic (exact) mass is 335 g/mol. The van der Waals surface area contributed by atoms with Crippen LogP contribution in [0.1, 0.15) is 45.1 Å². The number of nitrogens with one attached hydrogen (secondary N) is 2. The van der Waals surface area contributed by atoms with E-state index in [0.717, 1.165) is 23.3 Å². The molecule has 3 N–H and O–H groups in total. The highest BCUT2D eigenvalue weighted by Crippen LogP contribution is 2.28. The van der Waals surface area contributed by atoms with E-state index >= 15 is 0 Å². The van der Waals surface area contributed by atoms with Gasteiger partial charge in [0.25, 0.3) is 0 Å². The lowest BCUT2D eigenvalue weighted by molar-refractivity contribution is 0.419. The molecule has 2 atom stereocenters. The van der Waals surface area contributed by atoms with Crippen molar-refractivity contribution < 1.29 is 5.11 Å². The zero-order chi connectivity index (χ0) is 16.5. The molecule has 0 saturated heterocycles. The average molecular weight is 336 g/mol. The molecule has 1 fully saturated rings. The second kappa shape index (κ2) is 9.71. The Bertz CT molecular complexity index is 488. The number of aromatic hydroxyl groups is 1. The summed E-state index contributed by atoms with van der Waals surface area (Å²) in [6.45, 7) is 5.82. The van der Waals surface area contributed by atoms with Crippen molar-refractivity contribution in [2.45, 2.75) is 57.4 Å². The van der Waals surface area contributed by atoms with Gasteiger partial charge in [-0.15, -0.1) is 0 Å². The van der Waals surface area contributed by atoms with Gasteiger partial charge in [0.05, 0.1) is 6.54 Å². The van der Waals surface area contributed by atoms with E-state index in [1.807, 2.05) is 12.1 Å². The van der Waals surface area contributed by atoms with Gasteiger partial charge >= 0.3 is 0 Å². The average Bonchev–Trinajstić information content (AvgIpc) is 2.55. The molecule has 1 aromatic carbocycles. The van der Waals surface area contributed by atoms with Crippen LogP contribution in [0.15, 0.2) is 29.3 Å². The molecular weight excluding hydrogens is 306 g/mol. The van der Waals surface area contributed by atoms with Crippen LogP contribution in [0.25, 0.3) is 0 Å². The van der Waals surface area contributed by atoms with Gasteiger partial charge < -0.3 is 15.7 Å². The van der Waals surface area contributed by atoms with Crippen LogP contribution in [-0.2, 0) is 6.54 Å². The SMILES string of the molecule is CCNC(=NCc1ccc(O)cc1)NC1CCCC(SCC)C1. The number of guanidine groups is 1. The maximum atomic E-state index is 9.34. The fourth-order valence-corrected chi connectivity index (χ4v) is 4.12. The van der Waals surface area contributed by atoms with E-state index in [0.29, 0.717) is 18.3 Å². The minimum Gasteiger partial charge on any atom is -0.508 e. The molecule has 4 nitrogen and oxygen atoms in total. The summed E-state index contributed by atoms with van der Waals surface area (Å²) in [6.07, 6.45) is 5.09. The Labute approximate surface area is 144 Å². The summed E-state index contributed by atoms with van der Waals surface area (Å²) in [5.41, 5.74) is 1.10. The fraction of sp³-hybridized carbons (Fsp3) is 0.611. The summed E-state index contributed by atoms with van der Waals surface area (Å²) < 4.78 is 0. The topological polar surface area (TPSA) is 56.7 Å². The van der Waals surface area contributed by atoms with Gasteiger partial charge in [-0.1, -0.05) is 25.5 Å². The molecule has 0 aromatic heterocycles. The summed E-state index contributed by atoms with van der Waals surface area (Å²) >= 11 is 2.08. The van der Waals surface area contributed by atoms with Crippen LogP contribution >= 0.6 is 11.8 Å². The summed E-state index contributed by atoms with van der Waals surface area (Å²) in [6, 6.07) is 7.76. The first-order chi connectivity index (χ1) is 11.2. The maximum Gasteiger partial charge on any atom is 0.191 e. The molecule has 0 bridgehead atoms. The number of hydrogen-bond donors (Lipinski definition) is 3. The first-order valence-corrected chi connectivity index (χ1v) is 9.70. The summed E-state index contributed by atoms with van der Waals surface area (Å²) in [4.78, 5) is 4.68. The predicted octanol–water partition coefficient (Wildman–Crippen LogP) is 3.51. The summed E-state index contributed by atoms with van der Waals surface area (Å²) in [7, 11) is 0. The Balaban J connectivity index is 1.91. The maximum absolute atomic E-state index is 9.34. The Kier molecular flexibility index (Phi) is 7.59. The van der Waals surface area contributed by atoms with Crippen LogP contribution < -0.4 is 10.6 Å². The van der Waals surface area contributed by atoms with Crippen LogP contribution in [0, 0.1) is 0 Å². The fourth-order valence-electron chi connectivity index (χ4n) is 2.95. The number of phenols is 1. The lowest BCUT2D eigenvalue weighted by Crippen LogP contribution is -2.45. The molecule has 0 amide bonds. The Morgan fingerprint density at radius 3 is 2.74 bits per heavy atom. The molecule has 5 heteroatoms. The highest BCUT2D eigenvalue weighted by molar-refractivity contribution is 7.99. The minimum atomic E-state index is 0.296. The van der Waals surface area contributed by atoms with Gasteiger partial charge in [-0.3, -0.25) is 0 Å². The van der Waals surface area contributed by atoms with Crippen molar-refractivity contribution in [3.8, 4) is 5.75 Å². The number of aliphatic imine (C=N–C) groups is 1. The molecule has 0 radical (unpaired) electrons. The van der Waals surface area contributed by atoms with Crippen molar-refractivity contribution in [3.05, 3.63) is 29.8 Å². The summed E-state index contributed by atoms with van der Waals surface area (Å²) in [5, 5.41) is 17.1. The molecule has 1 aliphatic carbocycles.